The van der Waals surface area contributed by atoms with Crippen LogP contribution in [0.5, 0.6) is 0 Å². The molecule has 0 fully saturated rings. The lowest BCUT2D eigenvalue weighted by molar-refractivity contribution is 1.24. The van der Waals surface area contributed by atoms with E-state index >= 15 is 0 Å². The summed E-state index contributed by atoms with van der Waals surface area (Å²) in [5.74, 6) is 0. The van der Waals surface area contributed by atoms with Crippen LogP contribution in [0.25, 0.3) is 15.9 Å². The van der Waals surface area contributed by atoms with Gasteiger partial charge in [0, 0.05) is 0 Å². The minimum atomic E-state index is 0.0520. The molecule has 1 aromatic carbocycles. The van der Waals surface area contributed by atoms with Crippen LogP contribution in [0.2, 0.25) is 0 Å². The second-order valence-electron chi connectivity index (χ2n) is 3.11. The molecule has 0 aliphatic heterocycles. The van der Waals surface area contributed by atoms with Crippen molar-refractivity contribution < 1.29 is 0 Å². The second-order valence-corrected chi connectivity index (χ2v) is 4.86. The molecule has 5 heteroatoms. The van der Waals surface area contributed by atoms with Gasteiger partial charge >= 0.3 is 0 Å². The van der Waals surface area contributed by atoms with Gasteiger partial charge in [-0.2, -0.15) is 0 Å². The second kappa shape index (κ2) is 3.15. The number of rotatable bonds is 0. The fourth-order valence-electron chi connectivity index (χ4n) is 1.58. The van der Waals surface area contributed by atoms with Gasteiger partial charge in [0.25, 0.3) is 0 Å². The topological polar surface area (TPSA) is 34.4 Å². The van der Waals surface area contributed by atoms with E-state index in [9.17, 15) is 4.79 Å². The van der Waals surface area contributed by atoms with Gasteiger partial charge in [-0.25, -0.2) is 4.98 Å². The summed E-state index contributed by atoms with van der Waals surface area (Å²) in [6.45, 7) is 0. The number of nitrogens with zero attached hydrogens (tertiary/aromatic N) is 2. The maximum Gasteiger partial charge on any atom is 0.245 e. The first-order valence-corrected chi connectivity index (χ1v) is 5.93. The SMILES string of the molecule is O=c1sc2ncc(Br)n2c2ccccc12. The molecule has 0 saturated heterocycles. The number of imidazole rings is 1. The predicted octanol–water partition coefficient (Wildman–Crippen LogP) is 2.67. The van der Waals surface area contributed by atoms with E-state index in [2.05, 4.69) is 20.9 Å². The minimum Gasteiger partial charge on any atom is -0.278 e. The molecule has 0 spiro atoms. The zero-order valence-electron chi connectivity index (χ0n) is 7.48. The van der Waals surface area contributed by atoms with E-state index in [1.807, 2.05) is 28.7 Å². The van der Waals surface area contributed by atoms with E-state index in [0.29, 0.717) is 4.96 Å². The number of hydrogen-bond donors (Lipinski definition) is 0. The van der Waals surface area contributed by atoms with Gasteiger partial charge in [0.15, 0.2) is 4.96 Å². The highest BCUT2D eigenvalue weighted by molar-refractivity contribution is 9.10. The summed E-state index contributed by atoms with van der Waals surface area (Å²) in [5.41, 5.74) is 0.889. The van der Waals surface area contributed by atoms with Gasteiger partial charge in [-0.3, -0.25) is 9.20 Å². The highest BCUT2D eigenvalue weighted by Crippen LogP contribution is 2.20. The van der Waals surface area contributed by atoms with Crippen LogP contribution in [0.1, 0.15) is 0 Å². The maximum atomic E-state index is 11.8. The lowest BCUT2D eigenvalue weighted by Crippen LogP contribution is -1.99. The molecule has 15 heavy (non-hydrogen) atoms. The van der Waals surface area contributed by atoms with E-state index in [0.717, 1.165) is 26.8 Å². The first-order valence-electron chi connectivity index (χ1n) is 4.32. The summed E-state index contributed by atoms with van der Waals surface area (Å²) in [6.07, 6.45) is 1.71. The van der Waals surface area contributed by atoms with Crippen LogP contribution in [0.3, 0.4) is 0 Å². The number of aromatic nitrogens is 2. The lowest BCUT2D eigenvalue weighted by atomic mass is 10.2. The molecule has 0 aliphatic carbocycles. The monoisotopic (exact) mass is 280 g/mol. The third-order valence-corrected chi connectivity index (χ3v) is 3.67. The van der Waals surface area contributed by atoms with Crippen LogP contribution in [-0.4, -0.2) is 9.38 Å². The first kappa shape index (κ1) is 9.06. The number of benzene rings is 1. The highest BCUT2D eigenvalue weighted by atomic mass is 79.9. The van der Waals surface area contributed by atoms with Crippen molar-refractivity contribution in [2.75, 3.05) is 0 Å². The number of para-hydroxylation sites is 1. The van der Waals surface area contributed by atoms with Crippen LogP contribution >= 0.6 is 27.3 Å². The smallest absolute Gasteiger partial charge is 0.245 e. The van der Waals surface area contributed by atoms with Gasteiger partial charge in [0.05, 0.1) is 17.1 Å². The van der Waals surface area contributed by atoms with Crippen LogP contribution in [-0.2, 0) is 0 Å². The summed E-state index contributed by atoms with van der Waals surface area (Å²) < 4.78 is 2.85. The Morgan fingerprint density at radius 2 is 2.13 bits per heavy atom. The van der Waals surface area contributed by atoms with Crippen molar-refractivity contribution in [2.24, 2.45) is 0 Å². The van der Waals surface area contributed by atoms with Crippen molar-refractivity contribution in [3.63, 3.8) is 0 Å². The first-order chi connectivity index (χ1) is 7.27. The van der Waals surface area contributed by atoms with Gasteiger partial charge in [-0.1, -0.05) is 23.5 Å². The van der Waals surface area contributed by atoms with Crippen LogP contribution in [0, 0.1) is 0 Å². The predicted molar refractivity (Wildman–Crippen MR) is 64.5 cm³/mol. The lowest BCUT2D eigenvalue weighted by Gasteiger charge is -2.00. The molecule has 0 amide bonds. The zero-order chi connectivity index (χ0) is 10.4. The molecule has 2 heterocycles. The molecule has 2 aromatic heterocycles. The number of fused-ring (bicyclic) bond motifs is 3. The molecule has 0 aliphatic rings. The van der Waals surface area contributed by atoms with Crippen molar-refractivity contribution in [1.29, 1.82) is 0 Å². The van der Waals surface area contributed by atoms with E-state index in [1.165, 1.54) is 0 Å². The van der Waals surface area contributed by atoms with Crippen molar-refractivity contribution in [2.45, 2.75) is 0 Å². The quantitative estimate of drug-likeness (QED) is 0.635. The minimum absolute atomic E-state index is 0.0520. The Hall–Kier alpha value is -1.20. The van der Waals surface area contributed by atoms with Crippen molar-refractivity contribution in [3.05, 3.63) is 44.6 Å². The van der Waals surface area contributed by atoms with Gasteiger partial charge in [-0.05, 0) is 28.1 Å². The Labute approximate surface area is 97.1 Å². The van der Waals surface area contributed by atoms with Crippen molar-refractivity contribution >= 4 is 43.1 Å². The Balaban J connectivity index is 2.74. The molecule has 3 aromatic rings. The van der Waals surface area contributed by atoms with Gasteiger partial charge in [-0.15, -0.1) is 0 Å². The zero-order valence-corrected chi connectivity index (χ0v) is 9.88. The van der Waals surface area contributed by atoms with Gasteiger partial charge in [0.2, 0.25) is 4.74 Å². The summed E-state index contributed by atoms with van der Waals surface area (Å²) in [4.78, 5) is 16.6. The third kappa shape index (κ3) is 1.23. The fourth-order valence-corrected chi connectivity index (χ4v) is 3.01. The molecule has 0 atom stereocenters. The molecular weight excluding hydrogens is 276 g/mol. The van der Waals surface area contributed by atoms with E-state index in [1.54, 1.807) is 6.20 Å². The Morgan fingerprint density at radius 3 is 3.00 bits per heavy atom. The van der Waals surface area contributed by atoms with Gasteiger partial charge in [0.1, 0.15) is 4.60 Å². The Kier molecular flexibility index (Phi) is 1.90. The summed E-state index contributed by atoms with van der Waals surface area (Å²) >= 11 is 4.58. The Bertz CT molecular complexity index is 716. The van der Waals surface area contributed by atoms with E-state index in [4.69, 9.17) is 0 Å². The summed E-state index contributed by atoms with van der Waals surface area (Å²) in [5, 5.41) is 0.730. The van der Waals surface area contributed by atoms with Crippen LogP contribution in [0.15, 0.2) is 39.9 Å². The normalized spacial score (nSPS) is 11.3. The fraction of sp³-hybridized carbons (Fsp3) is 0. The van der Waals surface area contributed by atoms with Crippen molar-refractivity contribution in [3.8, 4) is 0 Å². The van der Waals surface area contributed by atoms with E-state index < -0.39 is 0 Å². The van der Waals surface area contributed by atoms with Crippen molar-refractivity contribution in [1.82, 2.24) is 9.38 Å². The van der Waals surface area contributed by atoms with E-state index in [-0.39, 0.29) is 4.74 Å². The molecule has 0 unspecified atom stereocenters. The molecule has 0 saturated carbocycles. The molecule has 74 valence electrons. The summed E-state index contributed by atoms with van der Waals surface area (Å²) in [7, 11) is 0. The molecule has 0 radical (unpaired) electrons. The molecule has 0 N–H and O–H groups in total. The third-order valence-electron chi connectivity index (χ3n) is 2.24. The van der Waals surface area contributed by atoms with Crippen LogP contribution in [0.4, 0.5) is 0 Å². The average Bonchev–Trinajstić information content (AvgIpc) is 2.61. The molecule has 0 bridgehead atoms. The Morgan fingerprint density at radius 1 is 1.33 bits per heavy atom. The standard InChI is InChI=1S/C10H5BrN2OS/c11-8-5-12-10-13(8)7-4-2-1-3-6(7)9(14)15-10/h1-5H. The number of hydrogen-bond acceptors (Lipinski definition) is 3. The molecule has 3 rings (SSSR count). The highest BCUT2D eigenvalue weighted by Gasteiger charge is 2.07. The maximum absolute atomic E-state index is 11.8. The van der Waals surface area contributed by atoms with Gasteiger partial charge < -0.3 is 0 Å². The molecule has 3 nitrogen and oxygen atoms in total. The molecular formula is C10H5BrN2OS. The average molecular weight is 281 g/mol. The number of halogens is 1. The van der Waals surface area contributed by atoms with Crippen LogP contribution < -0.4 is 4.74 Å². The summed E-state index contributed by atoms with van der Waals surface area (Å²) in [6, 6.07) is 7.54. The largest absolute Gasteiger partial charge is 0.278 e.